The van der Waals surface area contributed by atoms with E-state index in [0.29, 0.717) is 0 Å². The zero-order valence-corrected chi connectivity index (χ0v) is 9.81. The molecule has 2 aromatic rings. The minimum atomic E-state index is 0.876. The molecule has 0 aliphatic heterocycles. The summed E-state index contributed by atoms with van der Waals surface area (Å²) in [4.78, 5) is 0. The fourth-order valence-corrected chi connectivity index (χ4v) is 1.65. The number of rotatable bonds is 2. The normalized spacial score (nSPS) is 11.2. The monoisotopic (exact) mass is 213 g/mol. The minimum absolute atomic E-state index is 0.876. The van der Waals surface area contributed by atoms with Crippen molar-refractivity contribution in [2.45, 2.75) is 13.8 Å². The average Bonchev–Trinajstić information content (AvgIpc) is 2.53. The van der Waals surface area contributed by atoms with Gasteiger partial charge in [-0.25, -0.2) is 0 Å². The Morgan fingerprint density at radius 1 is 1.00 bits per heavy atom. The third-order valence-electron chi connectivity index (χ3n) is 2.64. The number of aryl methyl sites for hydroxylation is 2. The van der Waals surface area contributed by atoms with Crippen LogP contribution in [0.5, 0.6) is 0 Å². The van der Waals surface area contributed by atoms with Crippen molar-refractivity contribution in [1.29, 1.82) is 0 Å². The summed E-state index contributed by atoms with van der Waals surface area (Å²) >= 11 is 0. The summed E-state index contributed by atoms with van der Waals surface area (Å²) < 4.78 is 2.04. The van der Waals surface area contributed by atoms with Gasteiger partial charge in [-0.05, 0) is 37.6 Å². The van der Waals surface area contributed by atoms with Crippen LogP contribution >= 0.6 is 0 Å². The van der Waals surface area contributed by atoms with E-state index in [-0.39, 0.29) is 0 Å². The van der Waals surface area contributed by atoms with Gasteiger partial charge < -0.3 is 4.57 Å². The first-order chi connectivity index (χ1) is 7.68. The number of hydrogen-bond donors (Lipinski definition) is 0. The molecule has 0 aliphatic carbocycles. The van der Waals surface area contributed by atoms with Crippen LogP contribution in [-0.2, 0) is 7.05 Å². The van der Waals surface area contributed by atoms with Crippen LogP contribution in [0.1, 0.15) is 11.3 Å². The quantitative estimate of drug-likeness (QED) is 0.673. The van der Waals surface area contributed by atoms with Crippen molar-refractivity contribution in [2.75, 3.05) is 0 Å². The standard InChI is InChI=1S/C13H15N3/c1-10-9-11(2)16(3)13(10)15-14-12-7-5-4-6-8-12/h4-9H,1-3H3/b15-14+. The highest BCUT2D eigenvalue weighted by Crippen LogP contribution is 2.24. The van der Waals surface area contributed by atoms with Gasteiger partial charge in [0.2, 0.25) is 0 Å². The van der Waals surface area contributed by atoms with E-state index in [9.17, 15) is 0 Å². The lowest BCUT2D eigenvalue weighted by atomic mass is 10.3. The molecule has 1 heterocycles. The molecule has 0 atom stereocenters. The van der Waals surface area contributed by atoms with Crippen LogP contribution < -0.4 is 0 Å². The van der Waals surface area contributed by atoms with E-state index in [1.807, 2.05) is 48.9 Å². The third-order valence-corrected chi connectivity index (χ3v) is 2.64. The molecule has 0 spiro atoms. The van der Waals surface area contributed by atoms with E-state index in [1.54, 1.807) is 0 Å². The molecule has 82 valence electrons. The van der Waals surface area contributed by atoms with Gasteiger partial charge in [0.15, 0.2) is 5.82 Å². The maximum absolute atomic E-state index is 4.28. The fourth-order valence-electron chi connectivity index (χ4n) is 1.65. The molecule has 0 bridgehead atoms. The van der Waals surface area contributed by atoms with Crippen LogP contribution in [0, 0.1) is 13.8 Å². The molecule has 0 saturated heterocycles. The van der Waals surface area contributed by atoms with Gasteiger partial charge in [-0.3, -0.25) is 0 Å². The molecule has 0 unspecified atom stereocenters. The largest absolute Gasteiger partial charge is 0.332 e. The zero-order valence-electron chi connectivity index (χ0n) is 9.81. The molecule has 3 heteroatoms. The first-order valence-electron chi connectivity index (χ1n) is 5.28. The van der Waals surface area contributed by atoms with Gasteiger partial charge in [0, 0.05) is 12.7 Å². The molecular weight excluding hydrogens is 198 g/mol. The maximum atomic E-state index is 4.28. The van der Waals surface area contributed by atoms with Crippen molar-refractivity contribution in [3.63, 3.8) is 0 Å². The van der Waals surface area contributed by atoms with Gasteiger partial charge in [0.25, 0.3) is 0 Å². The zero-order chi connectivity index (χ0) is 11.5. The topological polar surface area (TPSA) is 29.6 Å². The summed E-state index contributed by atoms with van der Waals surface area (Å²) in [6, 6.07) is 11.9. The van der Waals surface area contributed by atoms with Crippen LogP contribution in [0.25, 0.3) is 0 Å². The first-order valence-corrected chi connectivity index (χ1v) is 5.28. The van der Waals surface area contributed by atoms with Crippen molar-refractivity contribution in [1.82, 2.24) is 4.57 Å². The number of azo groups is 1. The number of nitrogens with zero attached hydrogens (tertiary/aromatic N) is 3. The van der Waals surface area contributed by atoms with Crippen LogP contribution in [0.15, 0.2) is 46.6 Å². The summed E-state index contributed by atoms with van der Waals surface area (Å²) in [5, 5.41) is 8.50. The molecule has 0 radical (unpaired) electrons. The Labute approximate surface area is 95.4 Å². The van der Waals surface area contributed by atoms with Gasteiger partial charge in [0.1, 0.15) is 0 Å². The van der Waals surface area contributed by atoms with E-state index in [4.69, 9.17) is 0 Å². The summed E-state index contributed by atoms with van der Waals surface area (Å²) in [7, 11) is 2.00. The molecule has 3 nitrogen and oxygen atoms in total. The van der Waals surface area contributed by atoms with Crippen molar-refractivity contribution in [3.05, 3.63) is 47.7 Å². The van der Waals surface area contributed by atoms with Crippen molar-refractivity contribution in [2.24, 2.45) is 17.3 Å². The summed E-state index contributed by atoms with van der Waals surface area (Å²) in [6.45, 7) is 4.11. The maximum Gasteiger partial charge on any atom is 0.158 e. The Hall–Kier alpha value is -1.90. The van der Waals surface area contributed by atoms with E-state index < -0.39 is 0 Å². The molecule has 0 saturated carbocycles. The first kappa shape index (κ1) is 10.6. The van der Waals surface area contributed by atoms with E-state index >= 15 is 0 Å². The van der Waals surface area contributed by atoms with Crippen LogP contribution in [0.3, 0.4) is 0 Å². The van der Waals surface area contributed by atoms with Gasteiger partial charge in [-0.1, -0.05) is 18.2 Å². The average molecular weight is 213 g/mol. The summed E-state index contributed by atoms with van der Waals surface area (Å²) in [6.07, 6.45) is 0. The lowest BCUT2D eigenvalue weighted by Gasteiger charge is -1.99. The number of benzene rings is 1. The van der Waals surface area contributed by atoms with Gasteiger partial charge in [-0.15, -0.1) is 10.2 Å². The Morgan fingerprint density at radius 2 is 1.69 bits per heavy atom. The third kappa shape index (κ3) is 2.03. The van der Waals surface area contributed by atoms with Gasteiger partial charge in [0.05, 0.1) is 5.69 Å². The lowest BCUT2D eigenvalue weighted by molar-refractivity contribution is 0.868. The van der Waals surface area contributed by atoms with Crippen LogP contribution in [0.2, 0.25) is 0 Å². The fraction of sp³-hybridized carbons (Fsp3) is 0.231. The second-order valence-electron chi connectivity index (χ2n) is 3.89. The van der Waals surface area contributed by atoms with Gasteiger partial charge >= 0.3 is 0 Å². The smallest absolute Gasteiger partial charge is 0.158 e. The summed E-state index contributed by atoms with van der Waals surface area (Å²) in [5.41, 5.74) is 3.22. The predicted molar refractivity (Wildman–Crippen MR) is 65.5 cm³/mol. The minimum Gasteiger partial charge on any atom is -0.332 e. The molecule has 0 aliphatic rings. The molecule has 1 aromatic heterocycles. The Kier molecular flexibility index (Phi) is 2.86. The highest BCUT2D eigenvalue weighted by Gasteiger charge is 2.04. The second kappa shape index (κ2) is 4.31. The van der Waals surface area contributed by atoms with E-state index in [2.05, 4.69) is 23.2 Å². The molecule has 0 amide bonds. The van der Waals surface area contributed by atoms with Crippen molar-refractivity contribution in [3.8, 4) is 0 Å². The Morgan fingerprint density at radius 3 is 2.25 bits per heavy atom. The summed E-state index contributed by atoms with van der Waals surface area (Å²) in [5.74, 6) is 0.918. The molecule has 0 N–H and O–H groups in total. The molecule has 2 rings (SSSR count). The van der Waals surface area contributed by atoms with Crippen molar-refractivity contribution >= 4 is 11.5 Å². The second-order valence-corrected chi connectivity index (χ2v) is 3.89. The molecule has 0 fully saturated rings. The lowest BCUT2D eigenvalue weighted by Crippen LogP contribution is -1.88. The number of aromatic nitrogens is 1. The predicted octanol–water partition coefficient (Wildman–Crippen LogP) is 4.06. The highest BCUT2D eigenvalue weighted by molar-refractivity contribution is 5.43. The van der Waals surface area contributed by atoms with E-state index in [0.717, 1.165) is 17.1 Å². The molecule has 16 heavy (non-hydrogen) atoms. The molecular formula is C13H15N3. The van der Waals surface area contributed by atoms with Crippen molar-refractivity contribution < 1.29 is 0 Å². The Balaban J connectivity index is 2.31. The number of hydrogen-bond acceptors (Lipinski definition) is 2. The van der Waals surface area contributed by atoms with Crippen LogP contribution in [-0.4, -0.2) is 4.57 Å². The van der Waals surface area contributed by atoms with E-state index in [1.165, 1.54) is 5.69 Å². The Bertz CT molecular complexity index is 509. The van der Waals surface area contributed by atoms with Gasteiger partial charge in [-0.2, -0.15) is 0 Å². The molecule has 1 aromatic carbocycles. The SMILES string of the molecule is Cc1cc(C)n(C)c1/N=N/c1ccccc1. The van der Waals surface area contributed by atoms with Crippen LogP contribution in [0.4, 0.5) is 11.5 Å². The highest BCUT2D eigenvalue weighted by atomic mass is 15.2.